The fraction of sp³-hybridized carbons (Fsp3) is 0.0303. The van der Waals surface area contributed by atoms with Crippen molar-refractivity contribution in [1.29, 1.82) is 0 Å². The van der Waals surface area contributed by atoms with Gasteiger partial charge in [-0.2, -0.15) is 0 Å². The van der Waals surface area contributed by atoms with Crippen LogP contribution < -0.4 is 4.90 Å². The summed E-state index contributed by atoms with van der Waals surface area (Å²) in [6.45, 7) is 0. The van der Waals surface area contributed by atoms with E-state index in [-0.39, 0.29) is 0 Å². The van der Waals surface area contributed by atoms with Crippen LogP contribution in [-0.4, -0.2) is 7.05 Å². The number of fused-ring (bicyclic) bond motifs is 6. The number of hydrogen-bond donors (Lipinski definition) is 0. The van der Waals surface area contributed by atoms with Gasteiger partial charge in [0.2, 0.25) is 0 Å². The normalized spacial score (nSPS) is 12.3. The number of nitrogens with zero attached hydrogens (tertiary/aromatic N) is 1. The smallest absolute Gasteiger partial charge is 0.0488 e. The Bertz CT molecular complexity index is 1630. The molecular weight excluding hydrogens is 410 g/mol. The summed E-state index contributed by atoms with van der Waals surface area (Å²) >= 11 is 0. The quantitative estimate of drug-likeness (QED) is 0.264. The van der Waals surface area contributed by atoms with Gasteiger partial charge in [0.25, 0.3) is 0 Å². The summed E-state index contributed by atoms with van der Waals surface area (Å²) < 4.78 is 0. The lowest BCUT2D eigenvalue weighted by atomic mass is 9.98. The molecule has 2 aliphatic carbocycles. The Balaban J connectivity index is 1.37. The second-order valence-electron chi connectivity index (χ2n) is 9.37. The maximum atomic E-state index is 2.37. The van der Waals surface area contributed by atoms with Gasteiger partial charge in [-0.05, 0) is 67.4 Å². The summed E-state index contributed by atoms with van der Waals surface area (Å²) in [6, 6.07) is 40.2. The molecule has 158 valence electrons. The summed E-state index contributed by atoms with van der Waals surface area (Å²) in [7, 11) is 2.21. The SMILES string of the molecule is CN(c1ccc2c3c(cccc13)-c1ccccc1-2)c1ccc2c3c(cccc13)-c1ccccc1-2. The van der Waals surface area contributed by atoms with Crippen molar-refractivity contribution in [3.05, 3.63) is 109 Å². The summed E-state index contributed by atoms with van der Waals surface area (Å²) in [5, 5.41) is 5.35. The van der Waals surface area contributed by atoms with Crippen molar-refractivity contribution in [2.24, 2.45) is 0 Å². The van der Waals surface area contributed by atoms with Crippen molar-refractivity contribution >= 4 is 32.9 Å². The van der Waals surface area contributed by atoms with E-state index in [2.05, 4.69) is 121 Å². The van der Waals surface area contributed by atoms with E-state index in [1.54, 1.807) is 0 Å². The van der Waals surface area contributed by atoms with E-state index >= 15 is 0 Å². The number of hydrogen-bond acceptors (Lipinski definition) is 1. The number of benzene rings is 6. The molecule has 0 aliphatic heterocycles. The van der Waals surface area contributed by atoms with Crippen LogP contribution in [0.25, 0.3) is 66.1 Å². The molecule has 8 rings (SSSR count). The third-order valence-corrected chi connectivity index (χ3v) is 7.77. The van der Waals surface area contributed by atoms with Gasteiger partial charge in [0.05, 0.1) is 0 Å². The van der Waals surface area contributed by atoms with Crippen molar-refractivity contribution in [2.45, 2.75) is 0 Å². The number of rotatable bonds is 2. The first-order chi connectivity index (χ1) is 16.8. The summed E-state index contributed by atoms with van der Waals surface area (Å²) in [5.41, 5.74) is 13.2. The van der Waals surface area contributed by atoms with Gasteiger partial charge in [0.1, 0.15) is 0 Å². The molecule has 0 unspecified atom stereocenters. The van der Waals surface area contributed by atoms with Gasteiger partial charge < -0.3 is 4.90 Å². The highest BCUT2D eigenvalue weighted by Gasteiger charge is 2.25. The zero-order valence-electron chi connectivity index (χ0n) is 18.8. The van der Waals surface area contributed by atoms with E-state index in [0.29, 0.717) is 0 Å². The van der Waals surface area contributed by atoms with Gasteiger partial charge in [-0.3, -0.25) is 0 Å². The third kappa shape index (κ3) is 2.14. The van der Waals surface area contributed by atoms with E-state index in [1.165, 1.54) is 77.4 Å². The minimum absolute atomic E-state index is 1.24. The van der Waals surface area contributed by atoms with Gasteiger partial charge >= 0.3 is 0 Å². The molecule has 2 aliphatic rings. The molecule has 0 fully saturated rings. The Morgan fingerprint density at radius 2 is 0.706 bits per heavy atom. The first-order valence-electron chi connectivity index (χ1n) is 11.9. The largest absolute Gasteiger partial charge is 0.344 e. The average Bonchev–Trinajstić information content (AvgIpc) is 3.40. The molecule has 0 saturated carbocycles. The standard InChI is InChI=1S/C33H21N/c1-34(30-18-16-26-22-10-4-2-8-20(22)24-12-6-14-28(30)32(24)26)31-19-17-27-23-11-5-3-9-21(23)25-13-7-15-29(31)33(25)27/h2-19H,1H3. The van der Waals surface area contributed by atoms with E-state index in [9.17, 15) is 0 Å². The molecule has 0 heterocycles. The highest BCUT2D eigenvalue weighted by molar-refractivity contribution is 6.21. The molecule has 0 saturated heterocycles. The fourth-order valence-electron chi connectivity index (χ4n) is 6.30. The van der Waals surface area contributed by atoms with Crippen molar-refractivity contribution in [1.82, 2.24) is 0 Å². The predicted octanol–water partition coefficient (Wildman–Crippen LogP) is 9.06. The molecule has 0 N–H and O–H groups in total. The molecule has 0 spiro atoms. The van der Waals surface area contributed by atoms with Gasteiger partial charge in [0.15, 0.2) is 0 Å². The second kappa shape index (κ2) is 6.36. The molecule has 1 heteroatoms. The fourth-order valence-corrected chi connectivity index (χ4v) is 6.30. The molecule has 6 aromatic rings. The van der Waals surface area contributed by atoms with Crippen LogP contribution in [0.5, 0.6) is 0 Å². The van der Waals surface area contributed by atoms with E-state index in [1.807, 2.05) is 0 Å². The van der Waals surface area contributed by atoms with Crippen LogP contribution in [0, 0.1) is 0 Å². The zero-order chi connectivity index (χ0) is 22.4. The zero-order valence-corrected chi connectivity index (χ0v) is 18.8. The lowest BCUT2D eigenvalue weighted by molar-refractivity contribution is 1.24. The summed E-state index contributed by atoms with van der Waals surface area (Å²) in [5.74, 6) is 0. The van der Waals surface area contributed by atoms with Gasteiger partial charge in [-0.25, -0.2) is 0 Å². The second-order valence-corrected chi connectivity index (χ2v) is 9.37. The van der Waals surface area contributed by atoms with E-state index in [0.717, 1.165) is 0 Å². The molecule has 0 amide bonds. The summed E-state index contributed by atoms with van der Waals surface area (Å²) in [6.07, 6.45) is 0. The maximum Gasteiger partial charge on any atom is 0.0488 e. The van der Waals surface area contributed by atoms with Gasteiger partial charge in [0, 0.05) is 29.2 Å². The van der Waals surface area contributed by atoms with Crippen LogP contribution in [0.4, 0.5) is 11.4 Å². The Kier molecular flexibility index (Phi) is 3.39. The first kappa shape index (κ1) is 18.1. The molecule has 0 radical (unpaired) electrons. The van der Waals surface area contributed by atoms with Crippen LogP contribution in [0.15, 0.2) is 109 Å². The Labute approximate surface area is 198 Å². The molecule has 0 bridgehead atoms. The molecule has 1 nitrogen and oxygen atoms in total. The van der Waals surface area contributed by atoms with Crippen molar-refractivity contribution in [3.8, 4) is 44.5 Å². The minimum Gasteiger partial charge on any atom is -0.344 e. The van der Waals surface area contributed by atoms with E-state index in [4.69, 9.17) is 0 Å². The molecule has 0 aromatic heterocycles. The van der Waals surface area contributed by atoms with Crippen LogP contribution >= 0.6 is 0 Å². The van der Waals surface area contributed by atoms with Crippen LogP contribution in [0.2, 0.25) is 0 Å². The Morgan fingerprint density at radius 3 is 1.12 bits per heavy atom. The van der Waals surface area contributed by atoms with Crippen LogP contribution in [0.3, 0.4) is 0 Å². The predicted molar refractivity (Wildman–Crippen MR) is 145 cm³/mol. The topological polar surface area (TPSA) is 3.24 Å². The highest BCUT2D eigenvalue weighted by atomic mass is 15.1. The van der Waals surface area contributed by atoms with Crippen LogP contribution in [-0.2, 0) is 0 Å². The van der Waals surface area contributed by atoms with Crippen molar-refractivity contribution in [2.75, 3.05) is 11.9 Å². The van der Waals surface area contributed by atoms with Crippen molar-refractivity contribution in [3.63, 3.8) is 0 Å². The third-order valence-electron chi connectivity index (χ3n) is 7.77. The lowest BCUT2D eigenvalue weighted by Crippen LogP contribution is -2.10. The minimum atomic E-state index is 1.24. The summed E-state index contributed by atoms with van der Waals surface area (Å²) in [4.78, 5) is 2.37. The molecule has 0 atom stereocenters. The average molecular weight is 432 g/mol. The lowest BCUT2D eigenvalue weighted by Gasteiger charge is -2.24. The van der Waals surface area contributed by atoms with Gasteiger partial charge in [-0.15, -0.1) is 0 Å². The van der Waals surface area contributed by atoms with Gasteiger partial charge in [-0.1, -0.05) is 97.1 Å². The highest BCUT2D eigenvalue weighted by Crippen LogP contribution is 2.52. The first-order valence-corrected chi connectivity index (χ1v) is 11.9. The molecule has 34 heavy (non-hydrogen) atoms. The Hall–Kier alpha value is -4.36. The maximum absolute atomic E-state index is 2.37. The molecular formula is C33H21N. The monoisotopic (exact) mass is 431 g/mol. The number of anilines is 2. The molecule has 6 aromatic carbocycles. The Morgan fingerprint density at radius 1 is 0.353 bits per heavy atom. The van der Waals surface area contributed by atoms with E-state index < -0.39 is 0 Å². The van der Waals surface area contributed by atoms with Crippen molar-refractivity contribution < 1.29 is 0 Å². The van der Waals surface area contributed by atoms with Crippen LogP contribution in [0.1, 0.15) is 0 Å².